The average molecular weight is 172 g/mol. The van der Waals surface area contributed by atoms with Crippen molar-refractivity contribution < 1.29 is 9.50 Å². The Morgan fingerprint density at radius 3 is 2.73 bits per heavy atom. The molecule has 0 saturated carbocycles. The minimum atomic E-state index is -0.842. The first-order chi connectivity index (χ1) is 5.15. The molecule has 0 aromatic heterocycles. The predicted octanol–water partition coefficient (Wildman–Crippen LogP) is 2.06. The van der Waals surface area contributed by atoms with E-state index in [0.29, 0.717) is 0 Å². The van der Waals surface area contributed by atoms with Gasteiger partial charge in [-0.05, 0) is 6.07 Å². The molecule has 1 aromatic carbocycles. The van der Waals surface area contributed by atoms with Crippen LogP contribution in [0.1, 0.15) is 5.56 Å². The lowest BCUT2D eigenvalue weighted by Crippen LogP contribution is -1.81. The minimum absolute atomic E-state index is 0.0157. The normalized spacial score (nSPS) is 9.18. The van der Waals surface area contributed by atoms with Gasteiger partial charge < -0.3 is 5.11 Å². The number of nitrogens with zero attached hydrogens (tertiary/aromatic N) is 1. The summed E-state index contributed by atoms with van der Waals surface area (Å²) in [7, 11) is 0. The second kappa shape index (κ2) is 2.77. The number of phenols is 1. The van der Waals surface area contributed by atoms with Crippen molar-refractivity contribution >= 4 is 11.6 Å². The number of benzene rings is 1. The lowest BCUT2D eigenvalue weighted by molar-refractivity contribution is 0.432. The molecule has 0 heterocycles. The summed E-state index contributed by atoms with van der Waals surface area (Å²) in [4.78, 5) is 0. The van der Waals surface area contributed by atoms with Gasteiger partial charge in [0.1, 0.15) is 6.07 Å². The Kier molecular flexibility index (Phi) is 1.97. The molecule has 0 radical (unpaired) electrons. The molecule has 56 valence electrons. The Labute approximate surface area is 67.5 Å². The fourth-order valence-corrected chi connectivity index (χ4v) is 0.822. The van der Waals surface area contributed by atoms with Crippen molar-refractivity contribution in [3.8, 4) is 11.8 Å². The molecule has 0 saturated heterocycles. The van der Waals surface area contributed by atoms with E-state index in [4.69, 9.17) is 22.0 Å². The van der Waals surface area contributed by atoms with Crippen LogP contribution >= 0.6 is 11.6 Å². The van der Waals surface area contributed by atoms with Crippen molar-refractivity contribution in [3.63, 3.8) is 0 Å². The van der Waals surface area contributed by atoms with Crippen LogP contribution < -0.4 is 0 Å². The van der Waals surface area contributed by atoms with Crippen LogP contribution in [0.5, 0.6) is 5.75 Å². The van der Waals surface area contributed by atoms with Crippen molar-refractivity contribution in [1.29, 1.82) is 5.26 Å². The molecule has 2 nitrogen and oxygen atoms in total. The Morgan fingerprint density at radius 1 is 1.55 bits per heavy atom. The standard InChI is InChI=1S/C7H3ClFNO/c8-5-2-7(11)6(9)1-4(5)3-10/h1-2,11H. The molecule has 4 heteroatoms. The highest BCUT2D eigenvalue weighted by molar-refractivity contribution is 6.31. The molecule has 0 amide bonds. The van der Waals surface area contributed by atoms with Gasteiger partial charge in [0, 0.05) is 6.07 Å². The molecule has 1 rings (SSSR count). The monoisotopic (exact) mass is 171 g/mol. The summed E-state index contributed by atoms with van der Waals surface area (Å²) < 4.78 is 12.5. The molecule has 0 aliphatic carbocycles. The number of nitriles is 1. The number of hydrogen-bond acceptors (Lipinski definition) is 2. The third kappa shape index (κ3) is 1.41. The lowest BCUT2D eigenvalue weighted by Gasteiger charge is -1.96. The van der Waals surface area contributed by atoms with Gasteiger partial charge in [0.2, 0.25) is 0 Å². The van der Waals surface area contributed by atoms with Crippen LogP contribution in [0.15, 0.2) is 12.1 Å². The molecular formula is C7H3ClFNO. The molecule has 1 N–H and O–H groups in total. The largest absolute Gasteiger partial charge is 0.505 e. The molecule has 0 fully saturated rings. The van der Waals surface area contributed by atoms with Crippen molar-refractivity contribution in [2.45, 2.75) is 0 Å². The van der Waals surface area contributed by atoms with Gasteiger partial charge in [0.15, 0.2) is 11.6 Å². The zero-order chi connectivity index (χ0) is 8.43. The Morgan fingerprint density at radius 2 is 2.18 bits per heavy atom. The molecule has 0 bridgehead atoms. The first kappa shape index (κ1) is 7.83. The van der Waals surface area contributed by atoms with Gasteiger partial charge in [-0.1, -0.05) is 11.6 Å². The zero-order valence-electron chi connectivity index (χ0n) is 5.31. The Balaban J connectivity index is 3.35. The molecule has 0 aliphatic heterocycles. The van der Waals surface area contributed by atoms with E-state index in [1.54, 1.807) is 6.07 Å². The quantitative estimate of drug-likeness (QED) is 0.649. The smallest absolute Gasteiger partial charge is 0.166 e. The van der Waals surface area contributed by atoms with Crippen LogP contribution in [0, 0.1) is 17.1 Å². The van der Waals surface area contributed by atoms with E-state index in [2.05, 4.69) is 0 Å². The van der Waals surface area contributed by atoms with E-state index in [9.17, 15) is 4.39 Å². The fraction of sp³-hybridized carbons (Fsp3) is 0. The number of rotatable bonds is 0. The minimum Gasteiger partial charge on any atom is -0.505 e. The van der Waals surface area contributed by atoms with Crippen molar-refractivity contribution in [1.82, 2.24) is 0 Å². The summed E-state index contributed by atoms with van der Waals surface area (Å²) in [6, 6.07) is 3.56. The summed E-state index contributed by atoms with van der Waals surface area (Å²) >= 11 is 5.45. The molecular weight excluding hydrogens is 169 g/mol. The van der Waals surface area contributed by atoms with E-state index in [-0.39, 0.29) is 10.6 Å². The van der Waals surface area contributed by atoms with Crippen LogP contribution in [0.2, 0.25) is 5.02 Å². The maximum Gasteiger partial charge on any atom is 0.166 e. The summed E-state index contributed by atoms with van der Waals surface area (Å²) in [5.74, 6) is -1.39. The van der Waals surface area contributed by atoms with Crippen molar-refractivity contribution in [3.05, 3.63) is 28.5 Å². The third-order valence-electron chi connectivity index (χ3n) is 1.16. The average Bonchev–Trinajstić information content (AvgIpc) is 1.97. The topological polar surface area (TPSA) is 44.0 Å². The number of aromatic hydroxyl groups is 1. The van der Waals surface area contributed by atoms with Crippen molar-refractivity contribution in [2.24, 2.45) is 0 Å². The molecule has 1 aromatic rings. The van der Waals surface area contributed by atoms with Crippen LogP contribution in [0.4, 0.5) is 4.39 Å². The number of halogens is 2. The second-order valence-corrected chi connectivity index (χ2v) is 2.30. The highest BCUT2D eigenvalue weighted by Crippen LogP contribution is 2.24. The van der Waals surface area contributed by atoms with Gasteiger partial charge in [-0.3, -0.25) is 0 Å². The molecule has 0 unspecified atom stereocenters. The van der Waals surface area contributed by atoms with Gasteiger partial charge in [-0.2, -0.15) is 5.26 Å². The highest BCUT2D eigenvalue weighted by Gasteiger charge is 2.05. The first-order valence-corrected chi connectivity index (χ1v) is 3.11. The van der Waals surface area contributed by atoms with E-state index in [1.165, 1.54) is 0 Å². The summed E-state index contributed by atoms with van der Waals surface area (Å²) in [5, 5.41) is 17.1. The lowest BCUT2D eigenvalue weighted by atomic mass is 10.2. The van der Waals surface area contributed by atoms with Gasteiger partial charge >= 0.3 is 0 Å². The van der Waals surface area contributed by atoms with Gasteiger partial charge in [-0.25, -0.2) is 4.39 Å². The predicted molar refractivity (Wildman–Crippen MR) is 37.8 cm³/mol. The SMILES string of the molecule is N#Cc1cc(F)c(O)cc1Cl. The number of phenolic OH excluding ortho intramolecular Hbond substituents is 1. The third-order valence-corrected chi connectivity index (χ3v) is 1.47. The van der Waals surface area contributed by atoms with Gasteiger partial charge in [-0.15, -0.1) is 0 Å². The summed E-state index contributed by atoms with van der Waals surface area (Å²) in [6.45, 7) is 0. The second-order valence-electron chi connectivity index (χ2n) is 1.90. The summed E-state index contributed by atoms with van der Waals surface area (Å²) in [5.41, 5.74) is 0.0157. The van der Waals surface area contributed by atoms with E-state index >= 15 is 0 Å². The van der Waals surface area contributed by atoms with Crippen LogP contribution in [0.3, 0.4) is 0 Å². The first-order valence-electron chi connectivity index (χ1n) is 2.73. The van der Waals surface area contributed by atoms with E-state index in [1.807, 2.05) is 0 Å². The molecule has 0 spiro atoms. The molecule has 0 atom stereocenters. The van der Waals surface area contributed by atoms with E-state index in [0.717, 1.165) is 12.1 Å². The molecule has 11 heavy (non-hydrogen) atoms. The Hall–Kier alpha value is -1.27. The molecule has 0 aliphatic rings. The van der Waals surface area contributed by atoms with Gasteiger partial charge in [0.25, 0.3) is 0 Å². The fourth-order valence-electron chi connectivity index (χ4n) is 0.622. The van der Waals surface area contributed by atoms with Crippen LogP contribution in [-0.4, -0.2) is 5.11 Å². The maximum absolute atomic E-state index is 12.5. The van der Waals surface area contributed by atoms with Crippen molar-refractivity contribution in [2.75, 3.05) is 0 Å². The maximum atomic E-state index is 12.5. The highest BCUT2D eigenvalue weighted by atomic mass is 35.5. The van der Waals surface area contributed by atoms with E-state index < -0.39 is 11.6 Å². The number of hydrogen-bond donors (Lipinski definition) is 1. The Bertz CT molecular complexity index is 332. The zero-order valence-corrected chi connectivity index (χ0v) is 6.06. The van der Waals surface area contributed by atoms with Crippen LogP contribution in [-0.2, 0) is 0 Å². The van der Waals surface area contributed by atoms with Gasteiger partial charge in [0.05, 0.1) is 10.6 Å². The summed E-state index contributed by atoms with van der Waals surface area (Å²) in [6.07, 6.45) is 0. The van der Waals surface area contributed by atoms with Crippen LogP contribution in [0.25, 0.3) is 0 Å².